The molecule has 1 aromatic carbocycles. The van der Waals surface area contributed by atoms with Crippen molar-refractivity contribution in [1.29, 1.82) is 0 Å². The number of thiophene rings is 1. The molecule has 1 aromatic heterocycles. The van der Waals surface area contributed by atoms with Crippen molar-refractivity contribution in [1.82, 2.24) is 4.31 Å². The molecule has 6 nitrogen and oxygen atoms in total. The molecule has 3 rings (SSSR count). The SMILES string of the molecule is O=S(=O)(CBr)Nc1ccc2c(c1)CN(S(=O)(=O)c1cccs1)CC2. The number of rotatable bonds is 5. The number of nitrogens with one attached hydrogen (secondary N) is 1. The highest BCUT2D eigenvalue weighted by Gasteiger charge is 2.29. The van der Waals surface area contributed by atoms with Crippen molar-refractivity contribution >= 4 is 53.0 Å². The van der Waals surface area contributed by atoms with Crippen LogP contribution < -0.4 is 4.72 Å². The third-order valence-electron chi connectivity index (χ3n) is 3.69. The van der Waals surface area contributed by atoms with Crippen molar-refractivity contribution in [3.8, 4) is 0 Å². The number of halogens is 1. The number of sulfonamides is 2. The molecule has 0 aliphatic carbocycles. The fourth-order valence-corrected chi connectivity index (χ4v) is 5.99. The maximum Gasteiger partial charge on any atom is 0.252 e. The largest absolute Gasteiger partial charge is 0.283 e. The van der Waals surface area contributed by atoms with Gasteiger partial charge in [0.2, 0.25) is 10.0 Å². The minimum atomic E-state index is -3.51. The summed E-state index contributed by atoms with van der Waals surface area (Å²) in [5.74, 6) is 0. The Labute approximate surface area is 153 Å². The molecule has 0 amide bonds. The molecule has 0 saturated heterocycles. The maximum absolute atomic E-state index is 12.6. The first-order chi connectivity index (χ1) is 11.3. The van der Waals surface area contributed by atoms with Gasteiger partial charge in [0.05, 0.1) is 0 Å². The topological polar surface area (TPSA) is 83.6 Å². The molecule has 0 radical (unpaired) electrons. The maximum atomic E-state index is 12.6. The molecule has 0 bridgehead atoms. The van der Waals surface area contributed by atoms with Gasteiger partial charge in [0.15, 0.2) is 0 Å². The summed E-state index contributed by atoms with van der Waals surface area (Å²) < 4.78 is 52.6. The molecule has 24 heavy (non-hydrogen) atoms. The van der Waals surface area contributed by atoms with Crippen LogP contribution in [0, 0.1) is 0 Å². The van der Waals surface area contributed by atoms with Crippen LogP contribution in [0.15, 0.2) is 39.9 Å². The van der Waals surface area contributed by atoms with E-state index < -0.39 is 20.0 Å². The summed E-state index contributed by atoms with van der Waals surface area (Å²) in [5, 5.41) is 1.73. The molecule has 0 fully saturated rings. The molecule has 2 aromatic rings. The number of benzene rings is 1. The molecular weight excluding hydrogens is 436 g/mol. The van der Waals surface area contributed by atoms with Gasteiger partial charge in [-0.15, -0.1) is 11.3 Å². The van der Waals surface area contributed by atoms with Crippen molar-refractivity contribution in [2.45, 2.75) is 17.2 Å². The average Bonchev–Trinajstić information content (AvgIpc) is 3.09. The van der Waals surface area contributed by atoms with Gasteiger partial charge in [-0.05, 0) is 41.1 Å². The van der Waals surface area contributed by atoms with Crippen LogP contribution in [0.4, 0.5) is 5.69 Å². The molecule has 1 N–H and O–H groups in total. The first-order valence-corrected chi connectivity index (χ1v) is 12.1. The molecule has 0 unspecified atom stereocenters. The Hall–Kier alpha value is -0.940. The van der Waals surface area contributed by atoms with E-state index in [0.717, 1.165) is 11.1 Å². The number of fused-ring (bicyclic) bond motifs is 1. The Morgan fingerprint density at radius 1 is 1.17 bits per heavy atom. The Balaban J connectivity index is 1.87. The van der Waals surface area contributed by atoms with Gasteiger partial charge < -0.3 is 0 Å². The number of anilines is 1. The van der Waals surface area contributed by atoms with Crippen molar-refractivity contribution < 1.29 is 16.8 Å². The lowest BCUT2D eigenvalue weighted by atomic mass is 10.0. The van der Waals surface area contributed by atoms with Crippen LogP contribution in [-0.4, -0.2) is 32.3 Å². The van der Waals surface area contributed by atoms with Crippen molar-refractivity contribution in [2.75, 3.05) is 15.9 Å². The van der Waals surface area contributed by atoms with Gasteiger partial charge in [-0.2, -0.15) is 4.31 Å². The van der Waals surface area contributed by atoms with Gasteiger partial charge in [0.25, 0.3) is 10.0 Å². The van der Waals surface area contributed by atoms with Gasteiger partial charge in [-0.1, -0.05) is 28.1 Å². The predicted octanol–water partition coefficient (Wildman–Crippen LogP) is 2.59. The minimum Gasteiger partial charge on any atom is -0.283 e. The van der Waals surface area contributed by atoms with Gasteiger partial charge in [-0.3, -0.25) is 4.72 Å². The van der Waals surface area contributed by atoms with Gasteiger partial charge in [0, 0.05) is 18.8 Å². The Bertz CT molecular complexity index is 940. The van der Waals surface area contributed by atoms with E-state index in [2.05, 4.69) is 20.7 Å². The lowest BCUT2D eigenvalue weighted by Gasteiger charge is -2.28. The molecule has 0 atom stereocenters. The lowest BCUT2D eigenvalue weighted by Crippen LogP contribution is -2.35. The molecular formula is C14H15BrN2O4S3. The fourth-order valence-electron chi connectivity index (χ4n) is 2.54. The van der Waals surface area contributed by atoms with E-state index in [1.807, 2.05) is 6.07 Å². The summed E-state index contributed by atoms with van der Waals surface area (Å²) in [6, 6.07) is 8.54. The van der Waals surface area contributed by atoms with Crippen LogP contribution >= 0.6 is 27.3 Å². The minimum absolute atomic E-state index is 0.198. The number of hydrogen-bond acceptors (Lipinski definition) is 5. The van der Waals surface area contributed by atoms with Crippen LogP contribution in [0.3, 0.4) is 0 Å². The van der Waals surface area contributed by atoms with Crippen LogP contribution in [0.25, 0.3) is 0 Å². The molecule has 2 heterocycles. The van der Waals surface area contributed by atoms with E-state index in [4.69, 9.17) is 0 Å². The first-order valence-electron chi connectivity index (χ1n) is 7.04. The quantitative estimate of drug-likeness (QED) is 0.709. The highest BCUT2D eigenvalue weighted by Crippen LogP contribution is 2.29. The smallest absolute Gasteiger partial charge is 0.252 e. The Morgan fingerprint density at radius 3 is 2.62 bits per heavy atom. The van der Waals surface area contributed by atoms with Gasteiger partial charge in [0.1, 0.15) is 8.87 Å². The Kier molecular flexibility index (Phi) is 5.03. The van der Waals surface area contributed by atoms with Crippen LogP contribution in [0.5, 0.6) is 0 Å². The lowest BCUT2D eigenvalue weighted by molar-refractivity contribution is 0.392. The monoisotopic (exact) mass is 450 g/mol. The first kappa shape index (κ1) is 17.9. The summed E-state index contributed by atoms with van der Waals surface area (Å²) in [5.41, 5.74) is 2.29. The van der Waals surface area contributed by atoms with Crippen molar-refractivity contribution in [2.24, 2.45) is 0 Å². The van der Waals surface area contributed by atoms with Crippen molar-refractivity contribution in [3.05, 3.63) is 46.8 Å². The van der Waals surface area contributed by atoms with E-state index in [0.29, 0.717) is 22.9 Å². The second-order valence-electron chi connectivity index (χ2n) is 5.33. The normalized spacial score (nSPS) is 15.9. The molecule has 0 spiro atoms. The highest BCUT2D eigenvalue weighted by molar-refractivity contribution is 9.10. The third kappa shape index (κ3) is 3.67. The average molecular weight is 451 g/mol. The second kappa shape index (κ2) is 6.75. The van der Waals surface area contributed by atoms with Crippen LogP contribution in [0.1, 0.15) is 11.1 Å². The summed E-state index contributed by atoms with van der Waals surface area (Å²) in [6.07, 6.45) is 0.603. The fraction of sp³-hybridized carbons (Fsp3) is 0.286. The Morgan fingerprint density at radius 2 is 1.96 bits per heavy atom. The molecule has 130 valence electrons. The zero-order valence-corrected chi connectivity index (χ0v) is 16.5. The standard InChI is InChI=1S/C14H15BrN2O4S3/c15-10-23(18,19)16-13-4-3-11-5-6-17(9-12(11)8-13)24(20,21)14-2-1-7-22-14/h1-4,7-8,16H,5-6,9-10H2. The number of hydrogen-bond donors (Lipinski definition) is 1. The van der Waals surface area contributed by atoms with Crippen LogP contribution in [-0.2, 0) is 33.0 Å². The number of alkyl halides is 1. The van der Waals surface area contributed by atoms with Gasteiger partial charge >= 0.3 is 0 Å². The molecule has 1 aliphatic heterocycles. The van der Waals surface area contributed by atoms with Crippen molar-refractivity contribution in [3.63, 3.8) is 0 Å². The van der Waals surface area contributed by atoms with Gasteiger partial charge in [-0.25, -0.2) is 16.8 Å². The van der Waals surface area contributed by atoms with E-state index >= 15 is 0 Å². The summed E-state index contributed by atoms with van der Waals surface area (Å²) in [6.45, 7) is 0.652. The van der Waals surface area contributed by atoms with E-state index in [9.17, 15) is 16.8 Å². The summed E-state index contributed by atoms with van der Waals surface area (Å²) >= 11 is 4.12. The second-order valence-corrected chi connectivity index (χ2v) is 11.5. The summed E-state index contributed by atoms with van der Waals surface area (Å²) in [7, 11) is -6.95. The predicted molar refractivity (Wildman–Crippen MR) is 98.4 cm³/mol. The van der Waals surface area contributed by atoms with E-state index in [1.54, 1.807) is 29.6 Å². The van der Waals surface area contributed by atoms with E-state index in [-0.39, 0.29) is 11.2 Å². The zero-order valence-electron chi connectivity index (χ0n) is 12.5. The zero-order chi connectivity index (χ0) is 17.4. The number of nitrogens with zero attached hydrogens (tertiary/aromatic N) is 1. The molecule has 0 saturated carbocycles. The molecule has 1 aliphatic rings. The van der Waals surface area contributed by atoms with E-state index in [1.165, 1.54) is 15.6 Å². The highest BCUT2D eigenvalue weighted by atomic mass is 79.9. The summed E-state index contributed by atoms with van der Waals surface area (Å²) in [4.78, 5) is 0. The van der Waals surface area contributed by atoms with Crippen LogP contribution in [0.2, 0.25) is 0 Å². The third-order valence-corrected chi connectivity index (χ3v) is 9.55. The molecule has 10 heteroatoms.